The molecule has 1 heterocycles. The van der Waals surface area contributed by atoms with Crippen LogP contribution < -0.4 is 10.1 Å². The quantitative estimate of drug-likeness (QED) is 0.819. The molecule has 0 saturated carbocycles. The van der Waals surface area contributed by atoms with E-state index < -0.39 is 0 Å². The second kappa shape index (κ2) is 7.09. The molecule has 0 aliphatic carbocycles. The van der Waals surface area contributed by atoms with Crippen LogP contribution in [0.15, 0.2) is 24.3 Å². The Labute approximate surface area is 127 Å². The molecule has 1 N–H and O–H groups in total. The minimum absolute atomic E-state index is 0.0467. The van der Waals surface area contributed by atoms with Gasteiger partial charge in [0.25, 0.3) is 5.91 Å². The third kappa shape index (κ3) is 4.35. The molecule has 2 rings (SSSR count). The van der Waals surface area contributed by atoms with Gasteiger partial charge in [0.1, 0.15) is 5.75 Å². The number of nitrogens with one attached hydrogen (secondary N) is 1. The third-order valence-electron chi connectivity index (χ3n) is 3.43. The highest BCUT2D eigenvalue weighted by atomic mass is 127. The van der Waals surface area contributed by atoms with Crippen LogP contribution in [-0.2, 0) is 4.79 Å². The van der Waals surface area contributed by atoms with Crippen molar-refractivity contribution in [2.75, 3.05) is 26.7 Å². The summed E-state index contributed by atoms with van der Waals surface area (Å²) in [5, 5.41) is 3.30. The van der Waals surface area contributed by atoms with Gasteiger partial charge in [-0.05, 0) is 72.8 Å². The van der Waals surface area contributed by atoms with Crippen LogP contribution in [0.5, 0.6) is 5.75 Å². The third-order valence-corrected chi connectivity index (χ3v) is 4.14. The monoisotopic (exact) mass is 374 g/mol. The number of carbonyl (C=O) groups excluding carboxylic acids is 1. The van der Waals surface area contributed by atoms with Crippen molar-refractivity contribution in [3.8, 4) is 5.75 Å². The van der Waals surface area contributed by atoms with Crippen LogP contribution in [-0.4, -0.2) is 43.6 Å². The number of nitrogens with zero attached hydrogens (tertiary/aromatic N) is 1. The van der Waals surface area contributed by atoms with Crippen molar-refractivity contribution in [3.63, 3.8) is 0 Å². The average Bonchev–Trinajstić information content (AvgIpc) is 2.46. The number of piperidine rings is 1. The average molecular weight is 374 g/mol. The van der Waals surface area contributed by atoms with Crippen molar-refractivity contribution in [1.29, 1.82) is 0 Å². The molecule has 1 aromatic carbocycles. The highest BCUT2D eigenvalue weighted by molar-refractivity contribution is 14.1. The number of carbonyl (C=O) groups is 1. The van der Waals surface area contributed by atoms with Crippen molar-refractivity contribution in [1.82, 2.24) is 10.2 Å². The zero-order chi connectivity index (χ0) is 13.7. The molecule has 1 fully saturated rings. The zero-order valence-electron chi connectivity index (χ0n) is 11.1. The summed E-state index contributed by atoms with van der Waals surface area (Å²) in [7, 11) is 1.87. The molecule has 0 radical (unpaired) electrons. The number of benzene rings is 1. The van der Waals surface area contributed by atoms with E-state index in [1.165, 1.54) is 0 Å². The molecule has 0 atom stereocenters. The fraction of sp³-hybridized carbons (Fsp3) is 0.500. The summed E-state index contributed by atoms with van der Waals surface area (Å²) in [5.74, 6) is 0.790. The lowest BCUT2D eigenvalue weighted by Crippen LogP contribution is -2.45. The number of rotatable bonds is 4. The van der Waals surface area contributed by atoms with Gasteiger partial charge in [0.15, 0.2) is 6.61 Å². The molecule has 1 aliphatic heterocycles. The first kappa shape index (κ1) is 14.6. The summed E-state index contributed by atoms with van der Waals surface area (Å²) in [6, 6.07) is 8.06. The molecule has 0 spiro atoms. The molecular formula is C14H19IN2O2. The van der Waals surface area contributed by atoms with Crippen LogP contribution in [0, 0.1) is 3.57 Å². The molecule has 104 valence electrons. The minimum atomic E-state index is 0.0467. The van der Waals surface area contributed by atoms with E-state index in [9.17, 15) is 4.79 Å². The fourth-order valence-corrected chi connectivity index (χ4v) is 2.53. The summed E-state index contributed by atoms with van der Waals surface area (Å²) in [6.07, 6.45) is 2.04. The summed E-state index contributed by atoms with van der Waals surface area (Å²) < 4.78 is 6.68. The minimum Gasteiger partial charge on any atom is -0.484 e. The standard InChI is InChI=1S/C14H19IN2O2/c1-17(12-6-8-16-9-7-12)14(18)10-19-13-4-2-11(15)3-5-13/h2-5,12,16H,6-10H2,1H3. The Morgan fingerprint density at radius 3 is 2.63 bits per heavy atom. The second-order valence-corrected chi connectivity index (χ2v) is 5.97. The van der Waals surface area contributed by atoms with Crippen molar-refractivity contribution in [2.24, 2.45) is 0 Å². The zero-order valence-corrected chi connectivity index (χ0v) is 13.2. The maximum Gasteiger partial charge on any atom is 0.260 e. The molecule has 4 nitrogen and oxygen atoms in total. The second-order valence-electron chi connectivity index (χ2n) is 4.73. The van der Waals surface area contributed by atoms with Gasteiger partial charge in [0.05, 0.1) is 0 Å². The molecule has 1 aliphatic rings. The topological polar surface area (TPSA) is 41.6 Å². The largest absolute Gasteiger partial charge is 0.484 e. The predicted octanol–water partition coefficient (Wildman–Crippen LogP) is 1.88. The van der Waals surface area contributed by atoms with E-state index >= 15 is 0 Å². The van der Waals surface area contributed by atoms with E-state index in [0.717, 1.165) is 35.3 Å². The van der Waals surface area contributed by atoms with E-state index in [4.69, 9.17) is 4.74 Å². The first-order valence-corrected chi connectivity index (χ1v) is 7.59. The number of likely N-dealkylation sites (N-methyl/N-ethyl adjacent to an activating group) is 1. The first-order chi connectivity index (χ1) is 9.16. The van der Waals surface area contributed by atoms with Crippen LogP contribution in [0.25, 0.3) is 0 Å². The number of hydrogen-bond acceptors (Lipinski definition) is 3. The van der Waals surface area contributed by atoms with Gasteiger partial charge in [-0.3, -0.25) is 4.79 Å². The molecule has 0 unspecified atom stereocenters. The number of ether oxygens (including phenoxy) is 1. The molecule has 0 bridgehead atoms. The molecule has 5 heteroatoms. The van der Waals surface area contributed by atoms with E-state index in [0.29, 0.717) is 6.04 Å². The van der Waals surface area contributed by atoms with E-state index in [1.54, 1.807) is 0 Å². The molecular weight excluding hydrogens is 355 g/mol. The Morgan fingerprint density at radius 1 is 1.37 bits per heavy atom. The van der Waals surface area contributed by atoms with Gasteiger partial charge in [-0.1, -0.05) is 0 Å². The Balaban J connectivity index is 1.81. The van der Waals surface area contributed by atoms with Crippen LogP contribution in [0.4, 0.5) is 0 Å². The van der Waals surface area contributed by atoms with E-state index in [1.807, 2.05) is 36.2 Å². The normalized spacial score (nSPS) is 16.1. The van der Waals surface area contributed by atoms with E-state index in [-0.39, 0.29) is 12.5 Å². The van der Waals surface area contributed by atoms with Crippen LogP contribution in [0.1, 0.15) is 12.8 Å². The Morgan fingerprint density at radius 2 is 2.00 bits per heavy atom. The van der Waals surface area contributed by atoms with Crippen LogP contribution in [0.2, 0.25) is 0 Å². The maximum absolute atomic E-state index is 12.1. The van der Waals surface area contributed by atoms with Gasteiger partial charge in [0.2, 0.25) is 0 Å². The number of amides is 1. The van der Waals surface area contributed by atoms with Gasteiger partial charge in [-0.25, -0.2) is 0 Å². The van der Waals surface area contributed by atoms with Crippen molar-refractivity contribution >= 4 is 28.5 Å². The Bertz CT molecular complexity index is 416. The summed E-state index contributed by atoms with van der Waals surface area (Å²) >= 11 is 2.24. The lowest BCUT2D eigenvalue weighted by molar-refractivity contribution is -0.134. The first-order valence-electron chi connectivity index (χ1n) is 6.51. The van der Waals surface area contributed by atoms with Crippen molar-refractivity contribution in [3.05, 3.63) is 27.8 Å². The molecule has 1 saturated heterocycles. The lowest BCUT2D eigenvalue weighted by Gasteiger charge is -2.31. The Hall–Kier alpha value is -0.820. The van der Waals surface area contributed by atoms with Crippen LogP contribution >= 0.6 is 22.6 Å². The predicted molar refractivity (Wildman–Crippen MR) is 83.3 cm³/mol. The summed E-state index contributed by atoms with van der Waals surface area (Å²) in [4.78, 5) is 13.9. The van der Waals surface area contributed by atoms with Gasteiger partial charge in [-0.2, -0.15) is 0 Å². The molecule has 1 amide bonds. The SMILES string of the molecule is CN(C(=O)COc1ccc(I)cc1)C1CCNCC1. The van der Waals surface area contributed by atoms with Gasteiger partial charge in [-0.15, -0.1) is 0 Å². The molecule has 0 aromatic heterocycles. The lowest BCUT2D eigenvalue weighted by atomic mass is 10.1. The molecule has 1 aromatic rings. The summed E-state index contributed by atoms with van der Waals surface area (Å²) in [6.45, 7) is 2.08. The Kier molecular flexibility index (Phi) is 5.45. The van der Waals surface area contributed by atoms with E-state index in [2.05, 4.69) is 27.9 Å². The van der Waals surface area contributed by atoms with Crippen molar-refractivity contribution in [2.45, 2.75) is 18.9 Å². The van der Waals surface area contributed by atoms with Crippen molar-refractivity contribution < 1.29 is 9.53 Å². The van der Waals surface area contributed by atoms with Gasteiger partial charge >= 0.3 is 0 Å². The van der Waals surface area contributed by atoms with Crippen LogP contribution in [0.3, 0.4) is 0 Å². The molecule has 19 heavy (non-hydrogen) atoms. The van der Waals surface area contributed by atoms with Gasteiger partial charge < -0.3 is 15.0 Å². The number of halogens is 1. The highest BCUT2D eigenvalue weighted by Crippen LogP contribution is 2.14. The smallest absolute Gasteiger partial charge is 0.260 e. The summed E-state index contributed by atoms with van der Waals surface area (Å²) in [5.41, 5.74) is 0. The fourth-order valence-electron chi connectivity index (χ4n) is 2.18. The van der Waals surface area contributed by atoms with Gasteiger partial charge in [0, 0.05) is 16.7 Å². The maximum atomic E-state index is 12.1. The number of hydrogen-bond donors (Lipinski definition) is 1. The highest BCUT2D eigenvalue weighted by Gasteiger charge is 2.21.